The molecule has 0 atom stereocenters. The molecular formula is C18H15N3. The maximum Gasteiger partial charge on any atom is 0.132 e. The van der Waals surface area contributed by atoms with Crippen LogP contribution in [0.4, 0.5) is 11.5 Å². The smallest absolute Gasteiger partial charge is 0.132 e. The van der Waals surface area contributed by atoms with Crippen LogP contribution in [0.5, 0.6) is 0 Å². The summed E-state index contributed by atoms with van der Waals surface area (Å²) in [6, 6.07) is 19.9. The number of aryl methyl sites for hydroxylation is 1. The molecule has 1 heterocycles. The van der Waals surface area contributed by atoms with Gasteiger partial charge in [-0.05, 0) is 36.2 Å². The second-order valence-electron chi connectivity index (χ2n) is 4.86. The lowest BCUT2D eigenvalue weighted by Gasteiger charge is -2.09. The Bertz CT molecular complexity index is 831. The number of pyridine rings is 1. The zero-order valence-electron chi connectivity index (χ0n) is 11.8. The molecule has 0 radical (unpaired) electrons. The molecule has 0 spiro atoms. The van der Waals surface area contributed by atoms with E-state index in [2.05, 4.69) is 35.4 Å². The zero-order chi connectivity index (χ0) is 14.7. The number of nitrogens with zero attached hydrogens (tertiary/aromatic N) is 2. The number of para-hydroxylation sites is 1. The lowest BCUT2D eigenvalue weighted by molar-refractivity contribution is 1.14. The van der Waals surface area contributed by atoms with Crippen LogP contribution in [0.25, 0.3) is 10.9 Å². The van der Waals surface area contributed by atoms with Gasteiger partial charge in [-0.2, -0.15) is 5.26 Å². The first-order valence-electron chi connectivity index (χ1n) is 6.96. The van der Waals surface area contributed by atoms with Crippen LogP contribution in [-0.2, 0) is 6.42 Å². The summed E-state index contributed by atoms with van der Waals surface area (Å²) in [6.45, 7) is 2.13. The standard InChI is InChI=1S/C18H15N3/c1-2-13-6-5-7-15(10-13)20-18-11-14(12-19)16-8-3-4-9-17(16)21-18/h3-11H,2H2,1H3,(H,20,21). The number of hydrogen-bond donors (Lipinski definition) is 1. The van der Waals surface area contributed by atoms with Crippen molar-refractivity contribution in [2.75, 3.05) is 5.32 Å². The van der Waals surface area contributed by atoms with E-state index in [-0.39, 0.29) is 0 Å². The molecule has 1 N–H and O–H groups in total. The van der Waals surface area contributed by atoms with Crippen molar-refractivity contribution < 1.29 is 0 Å². The molecule has 0 aliphatic carbocycles. The second kappa shape index (κ2) is 5.64. The molecule has 0 amide bonds. The molecule has 1 aromatic heterocycles. The zero-order valence-corrected chi connectivity index (χ0v) is 11.8. The highest BCUT2D eigenvalue weighted by Gasteiger charge is 2.05. The number of fused-ring (bicyclic) bond motifs is 1. The van der Waals surface area contributed by atoms with Gasteiger partial charge in [0.15, 0.2) is 0 Å². The molecule has 0 aliphatic rings. The lowest BCUT2D eigenvalue weighted by atomic mass is 10.1. The Morgan fingerprint density at radius 1 is 1.10 bits per heavy atom. The predicted octanol–water partition coefficient (Wildman–Crippen LogP) is 4.41. The van der Waals surface area contributed by atoms with Crippen LogP contribution in [0.3, 0.4) is 0 Å². The van der Waals surface area contributed by atoms with Gasteiger partial charge in [-0.15, -0.1) is 0 Å². The van der Waals surface area contributed by atoms with Gasteiger partial charge in [0.2, 0.25) is 0 Å². The number of hydrogen-bond acceptors (Lipinski definition) is 3. The molecule has 0 aliphatic heterocycles. The summed E-state index contributed by atoms with van der Waals surface area (Å²) < 4.78 is 0. The highest BCUT2D eigenvalue weighted by Crippen LogP contribution is 2.23. The summed E-state index contributed by atoms with van der Waals surface area (Å²) in [5, 5.41) is 13.5. The fraction of sp³-hybridized carbons (Fsp3) is 0.111. The minimum absolute atomic E-state index is 0.634. The van der Waals surface area contributed by atoms with Crippen LogP contribution in [0.1, 0.15) is 18.1 Å². The summed E-state index contributed by atoms with van der Waals surface area (Å²) in [5.41, 5.74) is 3.71. The Balaban J connectivity index is 2.02. The number of nitrogens with one attached hydrogen (secondary N) is 1. The molecule has 0 saturated carbocycles. The Kier molecular flexibility index (Phi) is 3.53. The van der Waals surface area contributed by atoms with Gasteiger partial charge in [-0.1, -0.05) is 37.3 Å². The average molecular weight is 273 g/mol. The van der Waals surface area contributed by atoms with E-state index in [0.29, 0.717) is 11.4 Å². The van der Waals surface area contributed by atoms with Crippen molar-refractivity contribution in [1.29, 1.82) is 5.26 Å². The van der Waals surface area contributed by atoms with E-state index in [1.807, 2.05) is 36.4 Å². The molecule has 3 nitrogen and oxygen atoms in total. The summed E-state index contributed by atoms with van der Waals surface area (Å²) >= 11 is 0. The average Bonchev–Trinajstić information content (AvgIpc) is 2.54. The van der Waals surface area contributed by atoms with Crippen LogP contribution in [0.15, 0.2) is 54.6 Å². The summed E-state index contributed by atoms with van der Waals surface area (Å²) in [7, 11) is 0. The second-order valence-corrected chi connectivity index (χ2v) is 4.86. The van der Waals surface area contributed by atoms with E-state index < -0.39 is 0 Å². The topological polar surface area (TPSA) is 48.7 Å². The summed E-state index contributed by atoms with van der Waals surface area (Å²) in [5.74, 6) is 0.693. The molecule has 0 fully saturated rings. The molecule has 0 unspecified atom stereocenters. The minimum atomic E-state index is 0.634. The minimum Gasteiger partial charge on any atom is -0.340 e. The Hall–Kier alpha value is -2.86. The molecule has 3 heteroatoms. The largest absolute Gasteiger partial charge is 0.340 e. The first kappa shape index (κ1) is 13.1. The normalized spacial score (nSPS) is 10.3. The van der Waals surface area contributed by atoms with Gasteiger partial charge in [-0.25, -0.2) is 4.98 Å². The van der Waals surface area contributed by atoms with Gasteiger partial charge < -0.3 is 5.32 Å². The molecule has 0 saturated heterocycles. The van der Waals surface area contributed by atoms with Crippen LogP contribution in [-0.4, -0.2) is 4.98 Å². The highest BCUT2D eigenvalue weighted by molar-refractivity contribution is 5.86. The predicted molar refractivity (Wildman–Crippen MR) is 85.6 cm³/mol. The third-order valence-corrected chi connectivity index (χ3v) is 3.44. The van der Waals surface area contributed by atoms with Crippen molar-refractivity contribution in [3.63, 3.8) is 0 Å². The van der Waals surface area contributed by atoms with E-state index in [0.717, 1.165) is 23.0 Å². The molecule has 102 valence electrons. The Labute approximate surface area is 123 Å². The molecular weight excluding hydrogens is 258 g/mol. The van der Waals surface area contributed by atoms with E-state index in [1.165, 1.54) is 5.56 Å². The van der Waals surface area contributed by atoms with Crippen molar-refractivity contribution >= 4 is 22.4 Å². The Morgan fingerprint density at radius 3 is 2.76 bits per heavy atom. The first-order valence-corrected chi connectivity index (χ1v) is 6.96. The number of benzene rings is 2. The van der Waals surface area contributed by atoms with Crippen LogP contribution in [0.2, 0.25) is 0 Å². The maximum atomic E-state index is 9.30. The SMILES string of the molecule is CCc1cccc(Nc2cc(C#N)c3ccccc3n2)c1. The van der Waals surface area contributed by atoms with Crippen molar-refractivity contribution in [1.82, 2.24) is 4.98 Å². The number of anilines is 2. The highest BCUT2D eigenvalue weighted by atomic mass is 15.0. The fourth-order valence-corrected chi connectivity index (χ4v) is 2.35. The third-order valence-electron chi connectivity index (χ3n) is 3.44. The lowest BCUT2D eigenvalue weighted by Crippen LogP contribution is -1.96. The monoisotopic (exact) mass is 273 g/mol. The van der Waals surface area contributed by atoms with E-state index >= 15 is 0 Å². The van der Waals surface area contributed by atoms with Crippen molar-refractivity contribution in [3.05, 3.63) is 65.7 Å². The maximum absolute atomic E-state index is 9.30. The molecule has 2 aromatic carbocycles. The van der Waals surface area contributed by atoms with E-state index in [9.17, 15) is 5.26 Å². The van der Waals surface area contributed by atoms with Gasteiger partial charge >= 0.3 is 0 Å². The van der Waals surface area contributed by atoms with Crippen molar-refractivity contribution in [3.8, 4) is 6.07 Å². The van der Waals surface area contributed by atoms with Crippen molar-refractivity contribution in [2.45, 2.75) is 13.3 Å². The molecule has 3 aromatic rings. The summed E-state index contributed by atoms with van der Waals surface area (Å²) in [4.78, 5) is 4.57. The molecule has 0 bridgehead atoms. The fourth-order valence-electron chi connectivity index (χ4n) is 2.35. The number of aromatic nitrogens is 1. The third kappa shape index (κ3) is 2.70. The number of rotatable bonds is 3. The van der Waals surface area contributed by atoms with Gasteiger partial charge in [-0.3, -0.25) is 0 Å². The van der Waals surface area contributed by atoms with E-state index in [1.54, 1.807) is 6.07 Å². The Morgan fingerprint density at radius 2 is 1.95 bits per heavy atom. The molecule has 21 heavy (non-hydrogen) atoms. The number of nitriles is 1. The van der Waals surface area contributed by atoms with Crippen LogP contribution < -0.4 is 5.32 Å². The van der Waals surface area contributed by atoms with Crippen LogP contribution >= 0.6 is 0 Å². The van der Waals surface area contributed by atoms with Gasteiger partial charge in [0.05, 0.1) is 17.1 Å². The van der Waals surface area contributed by atoms with Crippen molar-refractivity contribution in [2.24, 2.45) is 0 Å². The van der Waals surface area contributed by atoms with Gasteiger partial charge in [0.25, 0.3) is 0 Å². The summed E-state index contributed by atoms with van der Waals surface area (Å²) in [6.07, 6.45) is 0.990. The van der Waals surface area contributed by atoms with Gasteiger partial charge in [0, 0.05) is 11.1 Å². The first-order chi connectivity index (χ1) is 10.3. The molecule has 3 rings (SSSR count). The quantitative estimate of drug-likeness (QED) is 0.768. The van der Waals surface area contributed by atoms with Crippen LogP contribution in [0, 0.1) is 11.3 Å². The van der Waals surface area contributed by atoms with E-state index in [4.69, 9.17) is 0 Å². The van der Waals surface area contributed by atoms with Gasteiger partial charge in [0.1, 0.15) is 5.82 Å².